The third-order valence-electron chi connectivity index (χ3n) is 3.53. The summed E-state index contributed by atoms with van der Waals surface area (Å²) in [6.07, 6.45) is 0.705. The van der Waals surface area contributed by atoms with Gasteiger partial charge in [0.2, 0.25) is 0 Å². The van der Waals surface area contributed by atoms with Crippen molar-refractivity contribution >= 4 is 12.0 Å². The number of carboxylic acid groups (broad SMARTS) is 1. The molecule has 7 heteroatoms. The van der Waals surface area contributed by atoms with E-state index in [1.165, 1.54) is 0 Å². The fourth-order valence-electron chi connectivity index (χ4n) is 2.16. The van der Waals surface area contributed by atoms with Crippen molar-refractivity contribution < 1.29 is 19.8 Å². The number of β-amino-alcohol motifs (C(OH)–C–C–N with tert-alkyl or cyclic N) is 1. The lowest BCUT2D eigenvalue weighted by atomic mass is 10.1. The van der Waals surface area contributed by atoms with Gasteiger partial charge in [0.15, 0.2) is 0 Å². The Morgan fingerprint density at radius 2 is 1.90 bits per heavy atom. The largest absolute Gasteiger partial charge is 0.481 e. The van der Waals surface area contributed by atoms with E-state index in [1.807, 2.05) is 6.92 Å². The lowest BCUT2D eigenvalue weighted by molar-refractivity contribution is -0.137. The summed E-state index contributed by atoms with van der Waals surface area (Å²) < 4.78 is 0. The van der Waals surface area contributed by atoms with E-state index in [2.05, 4.69) is 10.2 Å². The number of nitrogens with one attached hydrogen (secondary N) is 1. The van der Waals surface area contributed by atoms with E-state index < -0.39 is 5.97 Å². The number of urea groups is 1. The number of nitrogens with zero attached hydrogens (tertiary/aromatic N) is 2. The summed E-state index contributed by atoms with van der Waals surface area (Å²) >= 11 is 0. The molecule has 1 unspecified atom stereocenters. The molecule has 1 aliphatic rings. The summed E-state index contributed by atoms with van der Waals surface area (Å²) in [6, 6.07) is -0.0872. The Morgan fingerprint density at radius 3 is 2.45 bits per heavy atom. The Balaban J connectivity index is 2.18. The molecule has 0 radical (unpaired) electrons. The van der Waals surface area contributed by atoms with Crippen LogP contribution in [0.1, 0.15) is 19.8 Å². The standard InChI is InChI=1S/C13H25N3O4/c1-11(2-3-12(18)19)10-14-13(20)16-6-4-15(5-7-16)8-9-17/h11,17H,2-10H2,1H3,(H,14,20)(H,18,19). The molecule has 116 valence electrons. The molecule has 0 aliphatic carbocycles. The quantitative estimate of drug-likeness (QED) is 0.603. The summed E-state index contributed by atoms with van der Waals surface area (Å²) in [7, 11) is 0. The van der Waals surface area contributed by atoms with Crippen LogP contribution in [0.4, 0.5) is 4.79 Å². The molecule has 1 saturated heterocycles. The molecule has 0 aromatic rings. The topological polar surface area (TPSA) is 93.1 Å². The lowest BCUT2D eigenvalue weighted by Gasteiger charge is -2.34. The van der Waals surface area contributed by atoms with Gasteiger partial charge in [-0.15, -0.1) is 0 Å². The van der Waals surface area contributed by atoms with Crippen molar-refractivity contribution in [1.82, 2.24) is 15.1 Å². The first-order valence-electron chi connectivity index (χ1n) is 7.10. The number of hydrogen-bond donors (Lipinski definition) is 3. The second-order valence-electron chi connectivity index (χ2n) is 5.28. The first-order chi connectivity index (χ1) is 9.52. The number of carbonyl (C=O) groups excluding carboxylic acids is 1. The van der Waals surface area contributed by atoms with Gasteiger partial charge in [-0.2, -0.15) is 0 Å². The number of aliphatic hydroxyl groups excluding tert-OH is 1. The molecule has 1 heterocycles. The van der Waals surface area contributed by atoms with E-state index in [9.17, 15) is 9.59 Å². The predicted molar refractivity (Wildman–Crippen MR) is 74.5 cm³/mol. The number of aliphatic hydroxyl groups is 1. The van der Waals surface area contributed by atoms with Gasteiger partial charge in [-0.3, -0.25) is 9.69 Å². The summed E-state index contributed by atoms with van der Waals surface area (Å²) in [5, 5.41) is 20.3. The number of carboxylic acids is 1. The van der Waals surface area contributed by atoms with Crippen LogP contribution in [0.15, 0.2) is 0 Å². The van der Waals surface area contributed by atoms with Crippen LogP contribution in [0.3, 0.4) is 0 Å². The Bertz CT molecular complexity index is 317. The predicted octanol–water partition coefficient (Wildman–Crippen LogP) is -0.193. The smallest absolute Gasteiger partial charge is 0.317 e. The first-order valence-corrected chi connectivity index (χ1v) is 7.10. The van der Waals surface area contributed by atoms with E-state index in [4.69, 9.17) is 10.2 Å². The van der Waals surface area contributed by atoms with Crippen molar-refractivity contribution in [1.29, 1.82) is 0 Å². The second kappa shape index (κ2) is 8.76. The van der Waals surface area contributed by atoms with Gasteiger partial charge < -0.3 is 20.4 Å². The van der Waals surface area contributed by atoms with Crippen LogP contribution in [0.2, 0.25) is 0 Å². The van der Waals surface area contributed by atoms with E-state index >= 15 is 0 Å². The monoisotopic (exact) mass is 287 g/mol. The molecule has 0 aromatic heterocycles. The molecule has 3 N–H and O–H groups in total. The maximum absolute atomic E-state index is 11.9. The highest BCUT2D eigenvalue weighted by Gasteiger charge is 2.20. The zero-order chi connectivity index (χ0) is 15.0. The van der Waals surface area contributed by atoms with E-state index in [1.54, 1.807) is 4.90 Å². The molecule has 0 bridgehead atoms. The highest BCUT2D eigenvalue weighted by Crippen LogP contribution is 2.05. The number of aliphatic carboxylic acids is 1. The minimum Gasteiger partial charge on any atom is -0.481 e. The average molecular weight is 287 g/mol. The van der Waals surface area contributed by atoms with Gasteiger partial charge in [-0.05, 0) is 12.3 Å². The number of carbonyl (C=O) groups is 2. The minimum absolute atomic E-state index is 0.0872. The van der Waals surface area contributed by atoms with Crippen molar-refractivity contribution in [3.05, 3.63) is 0 Å². The summed E-state index contributed by atoms with van der Waals surface area (Å²) in [4.78, 5) is 26.3. The normalized spacial score (nSPS) is 17.8. The van der Waals surface area contributed by atoms with E-state index in [-0.39, 0.29) is 25.0 Å². The van der Waals surface area contributed by atoms with E-state index in [0.717, 1.165) is 13.1 Å². The zero-order valence-electron chi connectivity index (χ0n) is 12.0. The zero-order valence-corrected chi connectivity index (χ0v) is 12.0. The molecule has 2 amide bonds. The van der Waals surface area contributed by atoms with Gasteiger partial charge >= 0.3 is 12.0 Å². The van der Waals surface area contributed by atoms with Crippen LogP contribution in [0, 0.1) is 5.92 Å². The van der Waals surface area contributed by atoms with Gasteiger partial charge in [0.1, 0.15) is 0 Å². The van der Waals surface area contributed by atoms with Gasteiger partial charge in [-0.1, -0.05) is 6.92 Å². The third kappa shape index (κ3) is 6.21. The first kappa shape index (κ1) is 16.7. The molecule has 1 rings (SSSR count). The van der Waals surface area contributed by atoms with Gasteiger partial charge in [0.25, 0.3) is 0 Å². The van der Waals surface area contributed by atoms with Crippen LogP contribution in [0.5, 0.6) is 0 Å². The van der Waals surface area contributed by atoms with Crippen molar-refractivity contribution in [2.45, 2.75) is 19.8 Å². The Labute approximate surface area is 119 Å². The summed E-state index contributed by atoms with van der Waals surface area (Å²) in [5.74, 6) is -0.645. The number of piperazine rings is 1. The van der Waals surface area contributed by atoms with Crippen LogP contribution in [0.25, 0.3) is 0 Å². The third-order valence-corrected chi connectivity index (χ3v) is 3.53. The molecule has 1 aliphatic heterocycles. The molecule has 7 nitrogen and oxygen atoms in total. The second-order valence-corrected chi connectivity index (χ2v) is 5.28. The molecule has 1 fully saturated rings. The molecule has 20 heavy (non-hydrogen) atoms. The van der Waals surface area contributed by atoms with Gasteiger partial charge in [0, 0.05) is 45.7 Å². The van der Waals surface area contributed by atoms with Crippen molar-refractivity contribution in [2.24, 2.45) is 5.92 Å². The van der Waals surface area contributed by atoms with Crippen LogP contribution in [-0.2, 0) is 4.79 Å². The molecule has 1 atom stereocenters. The van der Waals surface area contributed by atoms with Crippen LogP contribution in [-0.4, -0.2) is 77.9 Å². The maximum atomic E-state index is 11.9. The summed E-state index contributed by atoms with van der Waals surface area (Å²) in [5.41, 5.74) is 0. The highest BCUT2D eigenvalue weighted by atomic mass is 16.4. The van der Waals surface area contributed by atoms with Crippen molar-refractivity contribution in [2.75, 3.05) is 45.9 Å². The van der Waals surface area contributed by atoms with Crippen LogP contribution < -0.4 is 5.32 Å². The molecule has 0 saturated carbocycles. The SMILES string of the molecule is CC(CCC(=O)O)CNC(=O)N1CCN(CCO)CC1. The lowest BCUT2D eigenvalue weighted by Crippen LogP contribution is -2.52. The van der Waals surface area contributed by atoms with Gasteiger partial charge in [-0.25, -0.2) is 4.79 Å². The number of hydrogen-bond acceptors (Lipinski definition) is 4. The Kier molecular flexibility index (Phi) is 7.32. The fraction of sp³-hybridized carbons (Fsp3) is 0.846. The van der Waals surface area contributed by atoms with Crippen LogP contribution >= 0.6 is 0 Å². The molecular formula is C13H25N3O4. The maximum Gasteiger partial charge on any atom is 0.317 e. The van der Waals surface area contributed by atoms with Crippen molar-refractivity contribution in [3.63, 3.8) is 0 Å². The molecule has 0 spiro atoms. The Morgan fingerprint density at radius 1 is 1.25 bits per heavy atom. The van der Waals surface area contributed by atoms with Gasteiger partial charge in [0.05, 0.1) is 6.61 Å². The number of amides is 2. The summed E-state index contributed by atoms with van der Waals surface area (Å²) in [6.45, 7) is 6.12. The molecular weight excluding hydrogens is 262 g/mol. The fourth-order valence-corrected chi connectivity index (χ4v) is 2.16. The molecule has 0 aromatic carbocycles. The van der Waals surface area contributed by atoms with Crippen molar-refractivity contribution in [3.8, 4) is 0 Å². The highest BCUT2D eigenvalue weighted by molar-refractivity contribution is 5.74. The van der Waals surface area contributed by atoms with E-state index in [0.29, 0.717) is 32.6 Å². The Hall–Kier alpha value is -1.34. The number of rotatable bonds is 7. The minimum atomic E-state index is -0.803. The average Bonchev–Trinajstić information content (AvgIpc) is 2.43.